The molecule has 2 heterocycles. The molecular weight excluding hydrogens is 290 g/mol. The quantitative estimate of drug-likeness (QED) is 0.765. The molecule has 2 aromatic rings. The van der Waals surface area contributed by atoms with Crippen molar-refractivity contribution in [2.24, 2.45) is 11.8 Å². The van der Waals surface area contributed by atoms with Crippen LogP contribution in [0.2, 0.25) is 0 Å². The van der Waals surface area contributed by atoms with Gasteiger partial charge in [0.25, 0.3) is 0 Å². The number of imidazole rings is 1. The first-order chi connectivity index (χ1) is 11.1. The summed E-state index contributed by atoms with van der Waals surface area (Å²) in [6.45, 7) is 0.365. The standard InChI is InChI=1S/C17H17N5O/c1-2-7-22-10-19-14-15(18)20-13(21-16(14)22)4-3-12-8-11-5-6-17(12,23)9-11/h1,10-12,23H,5-9H2,(H2,18,20,21). The van der Waals surface area contributed by atoms with Crippen LogP contribution in [-0.2, 0) is 6.54 Å². The van der Waals surface area contributed by atoms with Crippen LogP contribution in [0.1, 0.15) is 31.5 Å². The second-order valence-electron chi connectivity index (χ2n) is 6.45. The molecule has 2 aliphatic rings. The number of hydrogen-bond donors (Lipinski definition) is 2. The molecule has 0 aliphatic heterocycles. The number of nitrogens with two attached hydrogens (primary N) is 1. The minimum atomic E-state index is -0.626. The maximum atomic E-state index is 10.6. The molecule has 0 aromatic carbocycles. The van der Waals surface area contributed by atoms with Crippen LogP contribution in [0.15, 0.2) is 6.33 Å². The van der Waals surface area contributed by atoms with E-state index in [0.29, 0.717) is 35.3 Å². The number of hydrogen-bond acceptors (Lipinski definition) is 5. The zero-order chi connectivity index (χ0) is 16.0. The first kappa shape index (κ1) is 14.0. The molecule has 6 heteroatoms. The van der Waals surface area contributed by atoms with E-state index < -0.39 is 5.60 Å². The van der Waals surface area contributed by atoms with E-state index in [4.69, 9.17) is 12.2 Å². The Kier molecular flexibility index (Phi) is 3.04. The van der Waals surface area contributed by atoms with E-state index in [1.54, 1.807) is 10.9 Å². The molecule has 4 rings (SSSR count). The monoisotopic (exact) mass is 307 g/mol. The first-order valence-corrected chi connectivity index (χ1v) is 7.75. The second kappa shape index (κ2) is 4.97. The summed E-state index contributed by atoms with van der Waals surface area (Å²) in [6.07, 6.45) is 10.7. The van der Waals surface area contributed by atoms with Crippen molar-refractivity contribution in [1.29, 1.82) is 0 Å². The minimum absolute atomic E-state index is 0.00242. The van der Waals surface area contributed by atoms with E-state index in [9.17, 15) is 5.11 Å². The van der Waals surface area contributed by atoms with Gasteiger partial charge in [0.05, 0.1) is 18.5 Å². The van der Waals surface area contributed by atoms with E-state index in [0.717, 1.165) is 25.7 Å². The van der Waals surface area contributed by atoms with E-state index in [1.165, 1.54) is 0 Å². The van der Waals surface area contributed by atoms with Crippen LogP contribution in [0, 0.1) is 36.0 Å². The summed E-state index contributed by atoms with van der Waals surface area (Å²) in [4.78, 5) is 12.8. The van der Waals surface area contributed by atoms with Gasteiger partial charge in [-0.2, -0.15) is 0 Å². The molecule has 3 atom stereocenters. The van der Waals surface area contributed by atoms with Crippen molar-refractivity contribution < 1.29 is 5.11 Å². The Bertz CT molecular complexity index is 884. The lowest BCUT2D eigenvalue weighted by Gasteiger charge is -2.25. The lowest BCUT2D eigenvalue weighted by Crippen LogP contribution is -2.31. The fourth-order valence-electron chi connectivity index (χ4n) is 3.81. The maximum Gasteiger partial charge on any atom is 0.208 e. The smallest absolute Gasteiger partial charge is 0.208 e. The molecule has 2 aliphatic carbocycles. The van der Waals surface area contributed by atoms with Gasteiger partial charge in [0.1, 0.15) is 5.52 Å². The highest BCUT2D eigenvalue weighted by atomic mass is 16.3. The zero-order valence-electron chi connectivity index (χ0n) is 12.7. The van der Waals surface area contributed by atoms with Gasteiger partial charge in [-0.05, 0) is 37.5 Å². The number of fused-ring (bicyclic) bond motifs is 3. The molecule has 0 radical (unpaired) electrons. The van der Waals surface area contributed by atoms with Gasteiger partial charge in [0.15, 0.2) is 11.5 Å². The third-order valence-electron chi connectivity index (χ3n) is 4.96. The molecule has 2 aromatic heterocycles. The Morgan fingerprint density at radius 3 is 3.04 bits per heavy atom. The van der Waals surface area contributed by atoms with Crippen LogP contribution in [0.25, 0.3) is 11.2 Å². The SMILES string of the molecule is C#CCn1cnc2c(N)nc(C#CC3CC4CCC3(O)C4)nc21. The molecular formula is C17H17N5O. The van der Waals surface area contributed by atoms with Crippen molar-refractivity contribution in [3.05, 3.63) is 12.2 Å². The fraction of sp³-hybridized carbons (Fsp3) is 0.471. The summed E-state index contributed by atoms with van der Waals surface area (Å²) < 4.78 is 1.74. The summed E-state index contributed by atoms with van der Waals surface area (Å²) in [5, 5.41) is 10.6. The van der Waals surface area contributed by atoms with Gasteiger partial charge in [0.2, 0.25) is 5.82 Å². The lowest BCUT2D eigenvalue weighted by molar-refractivity contribution is 0.0241. The summed E-state index contributed by atoms with van der Waals surface area (Å²) in [7, 11) is 0. The molecule has 0 spiro atoms. The Morgan fingerprint density at radius 2 is 2.35 bits per heavy atom. The maximum absolute atomic E-state index is 10.6. The number of rotatable bonds is 1. The number of nitrogens with zero attached hydrogens (tertiary/aromatic N) is 4. The number of aliphatic hydroxyl groups is 1. The molecule has 3 unspecified atom stereocenters. The fourth-order valence-corrected chi connectivity index (χ4v) is 3.81. The number of nitrogen functional groups attached to an aromatic ring is 1. The first-order valence-electron chi connectivity index (χ1n) is 7.75. The van der Waals surface area contributed by atoms with Crippen molar-refractivity contribution in [1.82, 2.24) is 19.5 Å². The Balaban J connectivity index is 1.69. The lowest BCUT2D eigenvalue weighted by atomic mass is 9.86. The molecule has 0 amide bonds. The van der Waals surface area contributed by atoms with Gasteiger partial charge in [-0.25, -0.2) is 15.0 Å². The molecule has 116 valence electrons. The van der Waals surface area contributed by atoms with Crippen molar-refractivity contribution in [3.63, 3.8) is 0 Å². The third-order valence-corrected chi connectivity index (χ3v) is 4.96. The van der Waals surface area contributed by atoms with E-state index in [1.807, 2.05) is 0 Å². The highest BCUT2D eigenvalue weighted by molar-refractivity contribution is 5.82. The molecule has 6 nitrogen and oxygen atoms in total. The number of aromatic nitrogens is 4. The van der Waals surface area contributed by atoms with E-state index >= 15 is 0 Å². The van der Waals surface area contributed by atoms with Gasteiger partial charge >= 0.3 is 0 Å². The minimum Gasteiger partial charge on any atom is -0.389 e. The van der Waals surface area contributed by atoms with Crippen molar-refractivity contribution in [2.45, 2.75) is 37.8 Å². The van der Waals surface area contributed by atoms with Gasteiger partial charge in [0, 0.05) is 5.92 Å². The van der Waals surface area contributed by atoms with Gasteiger partial charge in [-0.1, -0.05) is 11.8 Å². The zero-order valence-corrected chi connectivity index (χ0v) is 12.7. The average Bonchev–Trinajstić information content (AvgIpc) is 3.18. The third kappa shape index (κ3) is 2.23. The van der Waals surface area contributed by atoms with Crippen molar-refractivity contribution >= 4 is 17.0 Å². The summed E-state index contributed by atoms with van der Waals surface area (Å²) >= 11 is 0. The van der Waals surface area contributed by atoms with Crippen molar-refractivity contribution in [2.75, 3.05) is 5.73 Å². The van der Waals surface area contributed by atoms with Gasteiger partial charge in [-0.15, -0.1) is 6.42 Å². The van der Waals surface area contributed by atoms with Gasteiger partial charge < -0.3 is 15.4 Å². The molecule has 2 bridgehead atoms. The number of anilines is 1. The second-order valence-corrected chi connectivity index (χ2v) is 6.45. The van der Waals surface area contributed by atoms with Crippen LogP contribution in [0.3, 0.4) is 0 Å². The van der Waals surface area contributed by atoms with Crippen LogP contribution >= 0.6 is 0 Å². The molecule has 2 saturated carbocycles. The average molecular weight is 307 g/mol. The van der Waals surface area contributed by atoms with E-state index in [2.05, 4.69) is 32.7 Å². The highest BCUT2D eigenvalue weighted by Gasteiger charge is 2.50. The highest BCUT2D eigenvalue weighted by Crippen LogP contribution is 2.51. The Hall–Kier alpha value is -2.57. The van der Waals surface area contributed by atoms with E-state index in [-0.39, 0.29) is 5.92 Å². The topological polar surface area (TPSA) is 89.9 Å². The van der Waals surface area contributed by atoms with Crippen LogP contribution in [-0.4, -0.2) is 30.2 Å². The molecule has 3 N–H and O–H groups in total. The summed E-state index contributed by atoms with van der Waals surface area (Å²) in [5.41, 5.74) is 6.44. The summed E-state index contributed by atoms with van der Waals surface area (Å²) in [5.74, 6) is 9.93. The van der Waals surface area contributed by atoms with Crippen LogP contribution in [0.4, 0.5) is 5.82 Å². The largest absolute Gasteiger partial charge is 0.389 e. The normalized spacial score (nSPS) is 28.5. The van der Waals surface area contributed by atoms with Crippen LogP contribution in [0.5, 0.6) is 0 Å². The summed E-state index contributed by atoms with van der Waals surface area (Å²) in [6, 6.07) is 0. The van der Waals surface area contributed by atoms with Gasteiger partial charge in [-0.3, -0.25) is 0 Å². The number of terminal acetylenes is 1. The Morgan fingerprint density at radius 1 is 1.48 bits per heavy atom. The molecule has 0 saturated heterocycles. The molecule has 23 heavy (non-hydrogen) atoms. The predicted octanol–water partition coefficient (Wildman–Crippen LogP) is 0.944. The van der Waals surface area contributed by atoms with Crippen LogP contribution < -0.4 is 5.73 Å². The molecule has 2 fully saturated rings. The Labute approximate surface area is 134 Å². The van der Waals surface area contributed by atoms with Crippen molar-refractivity contribution in [3.8, 4) is 24.2 Å². The predicted molar refractivity (Wildman–Crippen MR) is 85.8 cm³/mol.